The first-order valence-corrected chi connectivity index (χ1v) is 13.3. The molecule has 8 heteroatoms. The molecule has 0 bridgehead atoms. The molecule has 0 aliphatic carbocycles. The molecule has 1 atom stereocenters. The van der Waals surface area contributed by atoms with E-state index in [1.807, 2.05) is 59.8 Å². The van der Waals surface area contributed by atoms with Gasteiger partial charge in [-0.25, -0.2) is 13.7 Å². The highest BCUT2D eigenvalue weighted by molar-refractivity contribution is 7.97. The second-order valence-electron chi connectivity index (χ2n) is 9.88. The number of nitrogens with zero attached hydrogens (tertiary/aromatic N) is 2. The van der Waals surface area contributed by atoms with Crippen LogP contribution in [0.2, 0.25) is 5.02 Å². The highest BCUT2D eigenvalue weighted by atomic mass is 35.5. The fraction of sp³-hybridized carbons (Fsp3) is 0.429. The molecule has 0 aliphatic heterocycles. The van der Waals surface area contributed by atoms with Crippen LogP contribution in [0.4, 0.5) is 4.79 Å². The van der Waals surface area contributed by atoms with E-state index in [-0.39, 0.29) is 5.91 Å². The standard InChI is InChI=1S/C24H28ClN3O3S.C4H10/c1-15(2)11-22(23(26)29)27(32-20-8-6-19(25)7-9-20)14-17-5-10-21-18(13-17)12-16(3)28(21)24(30)31-4;1-4(2)3/h5-10,12-13,15,22H,11,14H2,1-4H3,(H2,26,29);4H,1-3H3/t22-;/m1./s1. The summed E-state index contributed by atoms with van der Waals surface area (Å²) in [5.74, 6) is 0.786. The van der Waals surface area contributed by atoms with Crippen LogP contribution < -0.4 is 5.73 Å². The summed E-state index contributed by atoms with van der Waals surface area (Å²) in [7, 11) is 1.37. The lowest BCUT2D eigenvalue weighted by Crippen LogP contribution is -2.41. The highest BCUT2D eigenvalue weighted by Gasteiger charge is 2.26. The number of aryl methyl sites for hydroxylation is 1. The number of carbonyl (C=O) groups excluding carboxylic acids is 2. The van der Waals surface area contributed by atoms with Gasteiger partial charge in [-0.3, -0.25) is 4.79 Å². The van der Waals surface area contributed by atoms with Crippen molar-refractivity contribution in [1.82, 2.24) is 8.87 Å². The minimum atomic E-state index is -0.437. The average Bonchev–Trinajstić information content (AvgIpc) is 3.12. The number of halogens is 1. The van der Waals surface area contributed by atoms with Crippen LogP contribution in [0.1, 0.15) is 52.3 Å². The van der Waals surface area contributed by atoms with E-state index < -0.39 is 12.1 Å². The van der Waals surface area contributed by atoms with Gasteiger partial charge in [-0.05, 0) is 85.2 Å². The summed E-state index contributed by atoms with van der Waals surface area (Å²) in [5, 5.41) is 1.59. The maximum absolute atomic E-state index is 12.4. The Morgan fingerprint density at radius 2 is 1.67 bits per heavy atom. The Labute approximate surface area is 224 Å². The lowest BCUT2D eigenvalue weighted by atomic mass is 10.0. The monoisotopic (exact) mass is 531 g/mol. The SMILES string of the molecule is CC(C)C.COC(=O)n1c(C)cc2cc(CN(Sc3ccc(Cl)cc3)[C@H](CC(C)C)C(N)=O)ccc21. The molecule has 0 spiro atoms. The third-order valence-corrected chi connectivity index (χ3v) is 6.51. The Bertz CT molecular complexity index is 1160. The number of hydrogen-bond donors (Lipinski definition) is 1. The minimum absolute atomic E-state index is 0.306. The van der Waals surface area contributed by atoms with Crippen LogP contribution >= 0.6 is 23.5 Å². The van der Waals surface area contributed by atoms with Crippen LogP contribution in [0.5, 0.6) is 0 Å². The predicted molar refractivity (Wildman–Crippen MR) is 150 cm³/mol. The molecule has 0 saturated carbocycles. The molecule has 196 valence electrons. The number of hydrogen-bond acceptors (Lipinski definition) is 5. The number of benzene rings is 2. The smallest absolute Gasteiger partial charge is 0.418 e. The predicted octanol–water partition coefficient (Wildman–Crippen LogP) is 7.29. The van der Waals surface area contributed by atoms with Crippen LogP contribution in [0, 0.1) is 18.8 Å². The molecule has 6 nitrogen and oxygen atoms in total. The van der Waals surface area contributed by atoms with E-state index in [2.05, 4.69) is 34.6 Å². The van der Waals surface area contributed by atoms with E-state index in [9.17, 15) is 9.59 Å². The summed E-state index contributed by atoms with van der Waals surface area (Å²) in [6, 6.07) is 14.9. The number of methoxy groups -OCH3 is 1. The van der Waals surface area contributed by atoms with E-state index in [4.69, 9.17) is 22.1 Å². The van der Waals surface area contributed by atoms with Gasteiger partial charge in [0.15, 0.2) is 0 Å². The van der Waals surface area contributed by atoms with Crippen LogP contribution in [0.25, 0.3) is 10.9 Å². The number of ether oxygens (including phenoxy) is 1. The molecule has 1 aromatic heterocycles. The third kappa shape index (κ3) is 8.57. The molecule has 36 heavy (non-hydrogen) atoms. The number of amides is 1. The van der Waals surface area contributed by atoms with Crippen molar-refractivity contribution < 1.29 is 14.3 Å². The van der Waals surface area contributed by atoms with Gasteiger partial charge in [-0.1, -0.05) is 52.3 Å². The molecular formula is C28H38ClN3O3S. The van der Waals surface area contributed by atoms with Crippen LogP contribution in [-0.2, 0) is 16.1 Å². The molecule has 0 radical (unpaired) electrons. The largest absolute Gasteiger partial charge is 0.452 e. The Morgan fingerprint density at radius 1 is 1.06 bits per heavy atom. The number of primary amides is 1. The molecular weight excluding hydrogens is 494 g/mol. The normalized spacial score (nSPS) is 12.1. The van der Waals surface area contributed by atoms with E-state index in [0.29, 0.717) is 23.9 Å². The minimum Gasteiger partial charge on any atom is -0.452 e. The van der Waals surface area contributed by atoms with Crippen LogP contribution in [0.15, 0.2) is 53.4 Å². The molecule has 0 saturated heterocycles. The zero-order valence-electron chi connectivity index (χ0n) is 22.2. The Hall–Kier alpha value is -2.48. The number of aromatic nitrogens is 1. The van der Waals surface area contributed by atoms with Crippen molar-refractivity contribution in [2.24, 2.45) is 17.6 Å². The van der Waals surface area contributed by atoms with Gasteiger partial charge in [-0.2, -0.15) is 0 Å². The summed E-state index contributed by atoms with van der Waals surface area (Å²) in [5.41, 5.74) is 8.40. The molecule has 1 amide bonds. The maximum Gasteiger partial charge on any atom is 0.418 e. The number of rotatable bonds is 8. The van der Waals surface area contributed by atoms with Gasteiger partial charge in [0.1, 0.15) is 0 Å². The first kappa shape index (κ1) is 29.7. The molecule has 1 heterocycles. The lowest BCUT2D eigenvalue weighted by Gasteiger charge is -2.29. The van der Waals surface area contributed by atoms with Gasteiger partial charge in [0.2, 0.25) is 5.91 Å². The van der Waals surface area contributed by atoms with Crippen molar-refractivity contribution in [3.63, 3.8) is 0 Å². The molecule has 3 rings (SSSR count). The maximum atomic E-state index is 12.4. The Balaban J connectivity index is 0.00000106. The van der Waals surface area contributed by atoms with Gasteiger partial charge in [-0.15, -0.1) is 0 Å². The molecule has 2 aromatic carbocycles. The van der Waals surface area contributed by atoms with Crippen molar-refractivity contribution in [3.05, 3.63) is 64.8 Å². The van der Waals surface area contributed by atoms with Crippen molar-refractivity contribution in [2.75, 3.05) is 7.11 Å². The zero-order valence-corrected chi connectivity index (χ0v) is 23.8. The molecule has 0 unspecified atom stereocenters. The van der Waals surface area contributed by atoms with Gasteiger partial charge in [0.05, 0.1) is 18.7 Å². The van der Waals surface area contributed by atoms with Gasteiger partial charge < -0.3 is 10.5 Å². The van der Waals surface area contributed by atoms with E-state index in [1.165, 1.54) is 19.1 Å². The second kappa shape index (κ2) is 13.7. The Kier molecular flexibility index (Phi) is 11.3. The van der Waals surface area contributed by atoms with Gasteiger partial charge in [0, 0.05) is 27.5 Å². The fourth-order valence-electron chi connectivity index (χ4n) is 3.67. The number of fused-ring (bicyclic) bond motifs is 1. The van der Waals surface area contributed by atoms with Gasteiger partial charge in [0.25, 0.3) is 0 Å². The van der Waals surface area contributed by atoms with E-state index >= 15 is 0 Å². The number of nitrogens with two attached hydrogens (primary N) is 1. The molecule has 0 aliphatic rings. The number of carbonyl (C=O) groups is 2. The van der Waals surface area contributed by atoms with E-state index in [0.717, 1.165) is 33.0 Å². The van der Waals surface area contributed by atoms with E-state index in [1.54, 1.807) is 4.57 Å². The summed E-state index contributed by atoms with van der Waals surface area (Å²) in [6.07, 6.45) is 0.228. The van der Waals surface area contributed by atoms with Crippen molar-refractivity contribution in [3.8, 4) is 0 Å². The first-order valence-electron chi connectivity index (χ1n) is 12.1. The lowest BCUT2D eigenvalue weighted by molar-refractivity contribution is -0.122. The molecule has 2 N–H and O–H groups in total. The quantitative estimate of drug-likeness (QED) is 0.309. The fourth-order valence-corrected chi connectivity index (χ4v) is 4.86. The first-order chi connectivity index (χ1) is 16.9. The summed E-state index contributed by atoms with van der Waals surface area (Å²) >= 11 is 7.52. The van der Waals surface area contributed by atoms with Crippen molar-refractivity contribution in [1.29, 1.82) is 0 Å². The van der Waals surface area contributed by atoms with Crippen molar-refractivity contribution in [2.45, 2.75) is 65.4 Å². The average molecular weight is 532 g/mol. The molecule has 3 aromatic rings. The summed E-state index contributed by atoms with van der Waals surface area (Å²) in [6.45, 7) is 13.0. The molecule has 0 fully saturated rings. The van der Waals surface area contributed by atoms with Crippen molar-refractivity contribution >= 4 is 46.5 Å². The third-order valence-electron chi connectivity index (χ3n) is 5.15. The highest BCUT2D eigenvalue weighted by Crippen LogP contribution is 2.31. The van der Waals surface area contributed by atoms with Gasteiger partial charge >= 0.3 is 6.09 Å². The second-order valence-corrected chi connectivity index (χ2v) is 11.4. The summed E-state index contributed by atoms with van der Waals surface area (Å²) in [4.78, 5) is 25.5. The topological polar surface area (TPSA) is 77.6 Å². The summed E-state index contributed by atoms with van der Waals surface area (Å²) < 4.78 is 8.47. The zero-order chi connectivity index (χ0) is 27.0. The Morgan fingerprint density at radius 3 is 2.19 bits per heavy atom. The van der Waals surface area contributed by atoms with Crippen LogP contribution in [-0.4, -0.2) is 34.0 Å². The van der Waals surface area contributed by atoms with Crippen LogP contribution in [0.3, 0.4) is 0 Å².